The summed E-state index contributed by atoms with van der Waals surface area (Å²) in [5, 5.41) is 1.91. The molecule has 0 spiro atoms. The maximum absolute atomic E-state index is 6.24. The van der Waals surface area contributed by atoms with Gasteiger partial charge in [-0.25, -0.2) is 0 Å². The first-order chi connectivity index (χ1) is 10.4. The number of fused-ring (bicyclic) bond motifs is 1. The highest BCUT2D eigenvalue weighted by atomic mass is 35.5. The zero-order valence-electron chi connectivity index (χ0n) is 12.9. The molecule has 0 amide bonds. The van der Waals surface area contributed by atoms with E-state index in [-0.39, 0.29) is 11.7 Å². The first kappa shape index (κ1) is 15.2. The number of nitrogens with two attached hydrogens (primary N) is 1. The minimum Gasteiger partial charge on any atom is -0.399 e. The van der Waals surface area contributed by atoms with Crippen molar-refractivity contribution in [1.29, 1.82) is 0 Å². The van der Waals surface area contributed by atoms with E-state index in [1.165, 1.54) is 5.52 Å². The van der Waals surface area contributed by atoms with Gasteiger partial charge in [0.05, 0.1) is 18.2 Å². The lowest BCUT2D eigenvalue weighted by Gasteiger charge is -2.31. The van der Waals surface area contributed by atoms with Crippen LogP contribution in [0, 0.1) is 0 Å². The van der Waals surface area contributed by atoms with E-state index in [4.69, 9.17) is 22.1 Å². The van der Waals surface area contributed by atoms with Crippen LogP contribution in [-0.4, -0.2) is 16.3 Å². The van der Waals surface area contributed by atoms with Crippen molar-refractivity contribution in [3.8, 4) is 0 Å². The lowest BCUT2D eigenvalue weighted by atomic mass is 10.1. The maximum Gasteiger partial charge on any atom is 0.0812 e. The topological polar surface area (TPSA) is 40.2 Å². The van der Waals surface area contributed by atoms with E-state index in [0.717, 1.165) is 29.1 Å². The second kappa shape index (κ2) is 5.82. The van der Waals surface area contributed by atoms with Crippen molar-refractivity contribution >= 4 is 22.5 Å². The standard InChI is InChI=1S/C18H21ClN2O/c1-18(2,22-16-6-4-15(20)5-7-16)12-21-10-9-13-11-14(19)3-8-17(13)21/h3-6,8-11,16H,7,12,20H2,1-2H3. The van der Waals surface area contributed by atoms with Gasteiger partial charge in [-0.2, -0.15) is 0 Å². The van der Waals surface area contributed by atoms with E-state index >= 15 is 0 Å². The Kier molecular flexibility index (Phi) is 4.02. The number of ether oxygens (including phenoxy) is 1. The molecular formula is C18H21ClN2O. The van der Waals surface area contributed by atoms with Gasteiger partial charge in [0.1, 0.15) is 0 Å². The van der Waals surface area contributed by atoms with Crippen molar-refractivity contribution in [1.82, 2.24) is 4.57 Å². The van der Waals surface area contributed by atoms with Gasteiger partial charge in [-0.3, -0.25) is 0 Å². The summed E-state index contributed by atoms with van der Waals surface area (Å²) < 4.78 is 8.45. The highest BCUT2D eigenvalue weighted by Gasteiger charge is 2.24. The van der Waals surface area contributed by atoms with E-state index in [2.05, 4.69) is 36.7 Å². The van der Waals surface area contributed by atoms with Gasteiger partial charge in [0.15, 0.2) is 0 Å². The molecule has 0 radical (unpaired) electrons. The number of allylic oxidation sites excluding steroid dienone is 1. The summed E-state index contributed by atoms with van der Waals surface area (Å²) in [5.41, 5.74) is 7.45. The highest BCUT2D eigenvalue weighted by molar-refractivity contribution is 6.31. The normalized spacial score (nSPS) is 18.7. The molecule has 22 heavy (non-hydrogen) atoms. The Morgan fingerprint density at radius 3 is 2.91 bits per heavy atom. The summed E-state index contributed by atoms with van der Waals surface area (Å²) in [6, 6.07) is 8.04. The molecule has 1 aliphatic carbocycles. The lowest BCUT2D eigenvalue weighted by molar-refractivity contribution is -0.0595. The summed E-state index contributed by atoms with van der Waals surface area (Å²) in [5.74, 6) is 0. The molecule has 2 N–H and O–H groups in total. The van der Waals surface area contributed by atoms with Gasteiger partial charge >= 0.3 is 0 Å². The lowest BCUT2D eigenvalue weighted by Crippen LogP contribution is -2.34. The monoisotopic (exact) mass is 316 g/mol. The molecular weight excluding hydrogens is 296 g/mol. The third kappa shape index (κ3) is 3.37. The van der Waals surface area contributed by atoms with Crippen LogP contribution in [0.4, 0.5) is 0 Å². The van der Waals surface area contributed by atoms with E-state index in [0.29, 0.717) is 0 Å². The van der Waals surface area contributed by atoms with E-state index in [1.807, 2.05) is 30.4 Å². The van der Waals surface area contributed by atoms with Gasteiger partial charge in [-0.05, 0) is 50.6 Å². The van der Waals surface area contributed by atoms with Crippen LogP contribution in [0.15, 0.2) is 54.4 Å². The van der Waals surface area contributed by atoms with Gasteiger partial charge in [0, 0.05) is 27.8 Å². The van der Waals surface area contributed by atoms with Crippen LogP contribution in [-0.2, 0) is 11.3 Å². The van der Waals surface area contributed by atoms with Gasteiger partial charge in [-0.1, -0.05) is 23.8 Å². The summed E-state index contributed by atoms with van der Waals surface area (Å²) in [6.45, 7) is 5.01. The second-order valence-corrected chi connectivity index (χ2v) is 6.80. The number of rotatable bonds is 4. The SMILES string of the molecule is CC(C)(Cn1ccc2cc(Cl)ccc21)OC1C=CC(N)=CC1. The van der Waals surface area contributed by atoms with Gasteiger partial charge < -0.3 is 15.0 Å². The fraction of sp³-hybridized carbons (Fsp3) is 0.333. The third-order valence-corrected chi connectivity index (χ3v) is 4.08. The van der Waals surface area contributed by atoms with Crippen LogP contribution in [0.3, 0.4) is 0 Å². The van der Waals surface area contributed by atoms with Crippen LogP contribution < -0.4 is 5.73 Å². The zero-order valence-corrected chi connectivity index (χ0v) is 13.7. The number of hydrogen-bond donors (Lipinski definition) is 1. The first-order valence-electron chi connectivity index (χ1n) is 7.49. The molecule has 1 aromatic carbocycles. The second-order valence-electron chi connectivity index (χ2n) is 6.36. The average Bonchev–Trinajstić information content (AvgIpc) is 2.82. The number of halogens is 1. The Balaban J connectivity index is 1.74. The van der Waals surface area contributed by atoms with Crippen LogP contribution >= 0.6 is 11.6 Å². The fourth-order valence-electron chi connectivity index (χ4n) is 2.87. The number of hydrogen-bond acceptors (Lipinski definition) is 2. The Morgan fingerprint density at radius 2 is 2.18 bits per heavy atom. The van der Waals surface area contributed by atoms with Crippen molar-refractivity contribution in [2.75, 3.05) is 0 Å². The predicted molar refractivity (Wildman–Crippen MR) is 91.9 cm³/mol. The predicted octanol–water partition coefficient (Wildman–Crippen LogP) is 4.26. The molecule has 1 unspecified atom stereocenters. The molecule has 0 saturated heterocycles. The summed E-state index contributed by atoms with van der Waals surface area (Å²) in [6.07, 6.45) is 8.95. The molecule has 0 saturated carbocycles. The van der Waals surface area contributed by atoms with Crippen molar-refractivity contribution in [3.63, 3.8) is 0 Å². The Hall–Kier alpha value is -1.71. The van der Waals surface area contributed by atoms with Crippen molar-refractivity contribution in [2.24, 2.45) is 5.73 Å². The molecule has 3 nitrogen and oxygen atoms in total. The quantitative estimate of drug-likeness (QED) is 0.915. The number of aromatic nitrogens is 1. The van der Waals surface area contributed by atoms with E-state index < -0.39 is 0 Å². The molecule has 116 valence electrons. The smallest absolute Gasteiger partial charge is 0.0812 e. The van der Waals surface area contributed by atoms with Crippen molar-refractivity contribution < 1.29 is 4.74 Å². The largest absolute Gasteiger partial charge is 0.399 e. The van der Waals surface area contributed by atoms with Gasteiger partial charge in [-0.15, -0.1) is 0 Å². The molecule has 1 aliphatic rings. The van der Waals surface area contributed by atoms with Gasteiger partial charge in [0.25, 0.3) is 0 Å². The van der Waals surface area contributed by atoms with Crippen LogP contribution in [0.25, 0.3) is 10.9 Å². The fourth-order valence-corrected chi connectivity index (χ4v) is 3.05. The van der Waals surface area contributed by atoms with Crippen molar-refractivity contribution in [3.05, 3.63) is 59.4 Å². The van der Waals surface area contributed by atoms with E-state index in [1.54, 1.807) is 0 Å². The molecule has 1 aromatic heterocycles. The Morgan fingerprint density at radius 1 is 1.36 bits per heavy atom. The van der Waals surface area contributed by atoms with E-state index in [9.17, 15) is 0 Å². The Bertz CT molecular complexity index is 743. The molecule has 0 bridgehead atoms. The summed E-state index contributed by atoms with van der Waals surface area (Å²) in [4.78, 5) is 0. The third-order valence-electron chi connectivity index (χ3n) is 3.84. The van der Waals surface area contributed by atoms with Gasteiger partial charge in [0.2, 0.25) is 0 Å². The highest BCUT2D eigenvalue weighted by Crippen LogP contribution is 2.25. The Labute approximate surface area is 136 Å². The minimum absolute atomic E-state index is 0.0820. The minimum atomic E-state index is -0.277. The maximum atomic E-state index is 6.24. The summed E-state index contributed by atoms with van der Waals surface area (Å²) >= 11 is 6.04. The average molecular weight is 317 g/mol. The molecule has 3 rings (SSSR count). The molecule has 4 heteroatoms. The zero-order chi connectivity index (χ0) is 15.7. The first-order valence-corrected chi connectivity index (χ1v) is 7.87. The molecule has 0 aliphatic heterocycles. The van der Waals surface area contributed by atoms with Crippen LogP contribution in [0.1, 0.15) is 20.3 Å². The van der Waals surface area contributed by atoms with Crippen molar-refractivity contribution in [2.45, 2.75) is 38.5 Å². The molecule has 0 fully saturated rings. The number of benzene rings is 1. The van der Waals surface area contributed by atoms with Crippen LogP contribution in [0.2, 0.25) is 5.02 Å². The van der Waals surface area contributed by atoms with Crippen LogP contribution in [0.5, 0.6) is 0 Å². The molecule has 1 atom stereocenters. The molecule has 2 aromatic rings. The molecule has 1 heterocycles. The number of nitrogens with zero attached hydrogens (tertiary/aromatic N) is 1. The summed E-state index contributed by atoms with van der Waals surface area (Å²) in [7, 11) is 0.